The maximum absolute atomic E-state index is 4.59. The van der Waals surface area contributed by atoms with Gasteiger partial charge < -0.3 is 0 Å². The Kier molecular flexibility index (Phi) is 6.20. The molecular weight excluding hydrogens is 380 g/mol. The molecule has 0 radical (unpaired) electrons. The molecule has 0 saturated heterocycles. The Bertz CT molecular complexity index is 743. The van der Waals surface area contributed by atoms with Crippen molar-refractivity contribution in [2.45, 2.75) is 111 Å². The van der Waals surface area contributed by atoms with Crippen LogP contribution in [-0.2, 0) is 13.0 Å². The van der Waals surface area contributed by atoms with Crippen molar-refractivity contribution < 1.29 is 0 Å². The van der Waals surface area contributed by atoms with Gasteiger partial charge >= 0.3 is 0 Å². The largest absolute Gasteiger partial charge is 0.174 e. The SMILES string of the molecule is CCC[C@H]1CC[C@@H]2C3CC[C@@]4(C)C(CCC4[C@@H](C)Cn4nnc(CC)n4)[C@@H]3CC[C@@H]2C1. The van der Waals surface area contributed by atoms with Gasteiger partial charge in [0.05, 0.1) is 6.54 Å². The summed E-state index contributed by atoms with van der Waals surface area (Å²) in [6.07, 6.45) is 17.4. The average Bonchev–Trinajstić information content (AvgIpc) is 3.37. The van der Waals surface area contributed by atoms with Crippen molar-refractivity contribution in [2.24, 2.45) is 52.8 Å². The Morgan fingerprint density at radius 3 is 2.61 bits per heavy atom. The monoisotopic (exact) mass is 426 g/mol. The van der Waals surface area contributed by atoms with Crippen LogP contribution in [0.15, 0.2) is 0 Å². The van der Waals surface area contributed by atoms with E-state index in [2.05, 4.69) is 43.1 Å². The van der Waals surface area contributed by atoms with E-state index in [0.717, 1.165) is 60.2 Å². The second-order valence-corrected chi connectivity index (χ2v) is 12.2. The first kappa shape index (κ1) is 21.9. The molecular formula is C27H46N4. The number of aromatic nitrogens is 4. The minimum absolute atomic E-state index is 0.543. The molecule has 1 aromatic rings. The topological polar surface area (TPSA) is 43.6 Å². The molecule has 0 amide bonds. The minimum atomic E-state index is 0.543. The van der Waals surface area contributed by atoms with Gasteiger partial charge in [-0.1, -0.05) is 47.0 Å². The van der Waals surface area contributed by atoms with Crippen molar-refractivity contribution in [2.75, 3.05) is 0 Å². The van der Waals surface area contributed by atoms with Crippen LogP contribution in [0.2, 0.25) is 0 Å². The second-order valence-electron chi connectivity index (χ2n) is 12.2. The number of rotatable bonds is 6. The normalized spacial score (nSPS) is 43.2. The summed E-state index contributed by atoms with van der Waals surface area (Å²) in [4.78, 5) is 1.88. The standard InChI is InChI=1S/C27H46N4/c1-5-7-19-8-10-21-20(16-19)9-11-23-22(21)14-15-27(4)24(12-13-25(23)27)18(3)17-31-29-26(6-2)28-30-31/h18-25H,5-17H2,1-4H3/t18-,19-,20+,21-,22?,23+,24?,25?,27+/m0/s1. The van der Waals surface area contributed by atoms with Crippen molar-refractivity contribution in [1.29, 1.82) is 0 Å². The van der Waals surface area contributed by atoms with Crippen LogP contribution in [0.3, 0.4) is 0 Å². The van der Waals surface area contributed by atoms with Crippen LogP contribution < -0.4 is 0 Å². The van der Waals surface area contributed by atoms with Crippen LogP contribution in [0.25, 0.3) is 0 Å². The van der Waals surface area contributed by atoms with Gasteiger partial charge in [0.15, 0.2) is 5.82 Å². The lowest BCUT2D eigenvalue weighted by Crippen LogP contribution is -2.49. The van der Waals surface area contributed by atoms with Gasteiger partial charge in [-0.15, -0.1) is 10.2 Å². The molecule has 4 nitrogen and oxygen atoms in total. The number of hydrogen-bond donors (Lipinski definition) is 0. The molecule has 0 aromatic carbocycles. The summed E-state index contributed by atoms with van der Waals surface area (Å²) in [5, 5.41) is 13.1. The Morgan fingerprint density at radius 1 is 1.00 bits per heavy atom. The third kappa shape index (κ3) is 3.88. The zero-order valence-corrected chi connectivity index (χ0v) is 20.6. The first-order chi connectivity index (χ1) is 15.0. The first-order valence-electron chi connectivity index (χ1n) is 13.8. The molecule has 0 bridgehead atoms. The molecule has 1 aromatic heterocycles. The Hall–Kier alpha value is -0.930. The average molecular weight is 427 g/mol. The predicted octanol–water partition coefficient (Wildman–Crippen LogP) is 6.56. The van der Waals surface area contributed by atoms with E-state index in [1.807, 2.05) is 4.80 Å². The van der Waals surface area contributed by atoms with Gasteiger partial charge in [0, 0.05) is 6.42 Å². The van der Waals surface area contributed by atoms with Crippen LogP contribution in [0.4, 0.5) is 0 Å². The third-order valence-corrected chi connectivity index (χ3v) is 10.8. The summed E-state index contributed by atoms with van der Waals surface area (Å²) >= 11 is 0. The lowest BCUT2D eigenvalue weighted by Gasteiger charge is -2.57. The number of fused-ring (bicyclic) bond motifs is 5. The van der Waals surface area contributed by atoms with E-state index in [1.54, 1.807) is 19.3 Å². The van der Waals surface area contributed by atoms with Gasteiger partial charge in [0.1, 0.15) is 0 Å². The molecule has 0 aliphatic heterocycles. The van der Waals surface area contributed by atoms with Crippen LogP contribution in [-0.4, -0.2) is 20.2 Å². The summed E-state index contributed by atoms with van der Waals surface area (Å²) in [6.45, 7) is 10.6. The van der Waals surface area contributed by atoms with Crippen molar-refractivity contribution in [3.63, 3.8) is 0 Å². The molecule has 4 saturated carbocycles. The van der Waals surface area contributed by atoms with Gasteiger partial charge in [-0.05, 0) is 109 Å². The zero-order valence-electron chi connectivity index (χ0n) is 20.6. The maximum atomic E-state index is 4.59. The fourth-order valence-corrected chi connectivity index (χ4v) is 9.48. The van der Waals surface area contributed by atoms with E-state index in [-0.39, 0.29) is 0 Å². The summed E-state index contributed by atoms with van der Waals surface area (Å²) in [7, 11) is 0. The quantitative estimate of drug-likeness (QED) is 0.517. The molecule has 9 atom stereocenters. The van der Waals surface area contributed by atoms with Gasteiger partial charge in [-0.25, -0.2) is 0 Å². The lowest BCUT2D eigenvalue weighted by atomic mass is 9.48. The fraction of sp³-hybridized carbons (Fsp3) is 0.963. The highest BCUT2D eigenvalue weighted by Gasteiger charge is 2.57. The highest BCUT2D eigenvalue weighted by atomic mass is 15.6. The van der Waals surface area contributed by atoms with Crippen molar-refractivity contribution in [1.82, 2.24) is 20.2 Å². The summed E-state index contributed by atoms with van der Waals surface area (Å²) in [6, 6.07) is 0. The fourth-order valence-electron chi connectivity index (χ4n) is 9.48. The Morgan fingerprint density at radius 2 is 1.84 bits per heavy atom. The van der Waals surface area contributed by atoms with Crippen LogP contribution in [0, 0.1) is 52.8 Å². The molecule has 31 heavy (non-hydrogen) atoms. The molecule has 0 spiro atoms. The van der Waals surface area contributed by atoms with Crippen LogP contribution in [0.5, 0.6) is 0 Å². The van der Waals surface area contributed by atoms with E-state index in [4.69, 9.17) is 0 Å². The lowest BCUT2D eigenvalue weighted by molar-refractivity contribution is -0.0751. The second kappa shape index (κ2) is 8.78. The molecule has 0 N–H and O–H groups in total. The van der Waals surface area contributed by atoms with Gasteiger partial charge in [0.25, 0.3) is 0 Å². The summed E-state index contributed by atoms with van der Waals surface area (Å²) in [5.74, 6) is 8.59. The molecule has 5 rings (SSSR count). The number of nitrogens with zero attached hydrogens (tertiary/aromatic N) is 4. The molecule has 4 heteroatoms. The van der Waals surface area contributed by atoms with Crippen LogP contribution >= 0.6 is 0 Å². The van der Waals surface area contributed by atoms with E-state index in [9.17, 15) is 0 Å². The molecule has 1 heterocycles. The third-order valence-electron chi connectivity index (χ3n) is 10.8. The number of hydrogen-bond acceptors (Lipinski definition) is 3. The summed E-state index contributed by atoms with van der Waals surface area (Å²) < 4.78 is 0. The van der Waals surface area contributed by atoms with Crippen molar-refractivity contribution >= 4 is 0 Å². The predicted molar refractivity (Wildman–Crippen MR) is 125 cm³/mol. The number of aryl methyl sites for hydroxylation is 1. The Labute approximate surface area is 190 Å². The van der Waals surface area contributed by atoms with E-state index in [0.29, 0.717) is 11.3 Å². The highest BCUT2D eigenvalue weighted by Crippen LogP contribution is 2.65. The van der Waals surface area contributed by atoms with E-state index in [1.165, 1.54) is 51.4 Å². The highest BCUT2D eigenvalue weighted by molar-refractivity contribution is 5.06. The van der Waals surface area contributed by atoms with E-state index >= 15 is 0 Å². The van der Waals surface area contributed by atoms with E-state index < -0.39 is 0 Å². The summed E-state index contributed by atoms with van der Waals surface area (Å²) in [5.41, 5.74) is 0.543. The maximum Gasteiger partial charge on any atom is 0.174 e. The van der Waals surface area contributed by atoms with Gasteiger partial charge in [-0.2, -0.15) is 4.80 Å². The molecule has 4 aliphatic rings. The van der Waals surface area contributed by atoms with Gasteiger partial charge in [-0.3, -0.25) is 0 Å². The smallest absolute Gasteiger partial charge is 0.164 e. The number of tetrazole rings is 1. The Balaban J connectivity index is 1.26. The van der Waals surface area contributed by atoms with Crippen LogP contribution in [0.1, 0.15) is 104 Å². The molecule has 174 valence electrons. The van der Waals surface area contributed by atoms with Crippen molar-refractivity contribution in [3.05, 3.63) is 5.82 Å². The van der Waals surface area contributed by atoms with Gasteiger partial charge in [0.2, 0.25) is 0 Å². The molecule has 3 unspecified atom stereocenters. The first-order valence-corrected chi connectivity index (χ1v) is 13.8. The minimum Gasteiger partial charge on any atom is -0.164 e. The zero-order chi connectivity index (χ0) is 21.6. The molecule has 4 aliphatic carbocycles. The van der Waals surface area contributed by atoms with Crippen molar-refractivity contribution in [3.8, 4) is 0 Å². The molecule has 4 fully saturated rings.